The molecule has 6 heteroatoms. The molecule has 1 atom stereocenters. The van der Waals surface area contributed by atoms with E-state index in [1.54, 1.807) is 31.2 Å². The quantitative estimate of drug-likeness (QED) is 0.846. The summed E-state index contributed by atoms with van der Waals surface area (Å²) in [6, 6.07) is 6.51. The molecule has 1 aromatic carbocycles. The number of nitrogens with two attached hydrogens (primary N) is 1. The maximum atomic E-state index is 12.2. The highest BCUT2D eigenvalue weighted by atomic mass is 16.5. The van der Waals surface area contributed by atoms with Crippen molar-refractivity contribution >= 4 is 11.6 Å². The summed E-state index contributed by atoms with van der Waals surface area (Å²) in [6.07, 6.45) is 0. The summed E-state index contributed by atoms with van der Waals surface area (Å²) in [5.74, 6) is 0.719. The lowest BCUT2D eigenvalue weighted by atomic mass is 9.96. The summed E-state index contributed by atoms with van der Waals surface area (Å²) in [7, 11) is 0. The Kier molecular flexibility index (Phi) is 3.97. The fourth-order valence-corrected chi connectivity index (χ4v) is 1.76. The van der Waals surface area contributed by atoms with Gasteiger partial charge in [-0.2, -0.15) is 4.98 Å². The smallest absolute Gasteiger partial charge is 0.254 e. The van der Waals surface area contributed by atoms with Gasteiger partial charge in [-0.15, -0.1) is 0 Å². The first-order valence-electron chi connectivity index (χ1n) is 6.78. The van der Waals surface area contributed by atoms with Crippen LogP contribution in [0.15, 0.2) is 28.8 Å². The first-order valence-corrected chi connectivity index (χ1v) is 6.78. The largest absolute Gasteiger partial charge is 0.398 e. The minimum absolute atomic E-state index is 0.199. The maximum Gasteiger partial charge on any atom is 0.254 e. The highest BCUT2D eigenvalue weighted by molar-refractivity contribution is 5.99. The lowest BCUT2D eigenvalue weighted by Gasteiger charge is -2.12. The number of para-hydroxylation sites is 1. The molecule has 1 amide bonds. The molecule has 1 heterocycles. The van der Waals surface area contributed by atoms with Crippen molar-refractivity contribution in [3.05, 3.63) is 41.5 Å². The lowest BCUT2D eigenvalue weighted by Crippen LogP contribution is -2.27. The predicted octanol–water partition coefficient (Wildman–Crippen LogP) is 2.44. The van der Waals surface area contributed by atoms with Gasteiger partial charge < -0.3 is 15.6 Å². The van der Waals surface area contributed by atoms with Crippen molar-refractivity contribution in [2.24, 2.45) is 0 Å². The van der Waals surface area contributed by atoms with E-state index >= 15 is 0 Å². The summed E-state index contributed by atoms with van der Waals surface area (Å²) in [5.41, 5.74) is 6.45. The zero-order valence-electron chi connectivity index (χ0n) is 12.7. The Balaban J connectivity index is 2.11. The molecule has 0 radical (unpaired) electrons. The second-order valence-corrected chi connectivity index (χ2v) is 5.99. The van der Waals surface area contributed by atoms with Crippen LogP contribution in [0.3, 0.4) is 0 Å². The Morgan fingerprint density at radius 3 is 2.57 bits per heavy atom. The number of carbonyl (C=O) groups excluding carboxylic acids is 1. The van der Waals surface area contributed by atoms with Gasteiger partial charge in [0.25, 0.3) is 5.91 Å². The van der Waals surface area contributed by atoms with E-state index in [-0.39, 0.29) is 17.4 Å². The van der Waals surface area contributed by atoms with Crippen LogP contribution in [-0.2, 0) is 5.41 Å². The molecule has 0 saturated heterocycles. The Hall–Kier alpha value is -2.37. The topological polar surface area (TPSA) is 94.0 Å². The van der Waals surface area contributed by atoms with Crippen molar-refractivity contribution < 1.29 is 9.32 Å². The molecular weight excluding hydrogens is 268 g/mol. The van der Waals surface area contributed by atoms with Gasteiger partial charge >= 0.3 is 0 Å². The first kappa shape index (κ1) is 15.0. The number of nitrogen functional groups attached to an aromatic ring is 1. The van der Waals surface area contributed by atoms with Crippen LogP contribution in [0.5, 0.6) is 0 Å². The molecule has 2 rings (SSSR count). The molecule has 0 aliphatic carbocycles. The maximum absolute atomic E-state index is 12.2. The molecule has 0 fully saturated rings. The third-order valence-electron chi connectivity index (χ3n) is 3.04. The number of nitrogens with zero attached hydrogens (tertiary/aromatic N) is 2. The number of hydrogen-bond donors (Lipinski definition) is 2. The molecule has 2 aromatic rings. The van der Waals surface area contributed by atoms with E-state index < -0.39 is 0 Å². The fraction of sp³-hybridized carbons (Fsp3) is 0.400. The van der Waals surface area contributed by atoms with E-state index in [0.717, 1.165) is 0 Å². The number of carbonyl (C=O) groups is 1. The van der Waals surface area contributed by atoms with Gasteiger partial charge in [0.15, 0.2) is 5.82 Å². The van der Waals surface area contributed by atoms with Gasteiger partial charge in [0.1, 0.15) is 6.04 Å². The van der Waals surface area contributed by atoms with E-state index in [2.05, 4.69) is 15.5 Å². The Morgan fingerprint density at radius 1 is 1.33 bits per heavy atom. The minimum atomic E-state index is -0.388. The van der Waals surface area contributed by atoms with Gasteiger partial charge in [-0.25, -0.2) is 0 Å². The molecule has 0 spiro atoms. The van der Waals surface area contributed by atoms with E-state index in [4.69, 9.17) is 10.3 Å². The molecule has 0 bridgehead atoms. The minimum Gasteiger partial charge on any atom is -0.398 e. The van der Waals surface area contributed by atoms with E-state index in [1.165, 1.54) is 0 Å². The molecule has 6 nitrogen and oxygen atoms in total. The zero-order chi connectivity index (χ0) is 15.6. The highest BCUT2D eigenvalue weighted by Gasteiger charge is 2.24. The van der Waals surface area contributed by atoms with E-state index in [0.29, 0.717) is 23.0 Å². The monoisotopic (exact) mass is 288 g/mol. The summed E-state index contributed by atoms with van der Waals surface area (Å²) in [6.45, 7) is 7.78. The van der Waals surface area contributed by atoms with Gasteiger partial charge in [-0.1, -0.05) is 38.1 Å². The molecule has 0 aliphatic heterocycles. The fourth-order valence-electron chi connectivity index (χ4n) is 1.76. The average Bonchev–Trinajstić information content (AvgIpc) is 2.88. The van der Waals surface area contributed by atoms with Gasteiger partial charge in [0.2, 0.25) is 5.89 Å². The Bertz CT molecular complexity index is 643. The van der Waals surface area contributed by atoms with Crippen molar-refractivity contribution in [3.63, 3.8) is 0 Å². The van der Waals surface area contributed by atoms with Crippen molar-refractivity contribution in [2.75, 3.05) is 5.73 Å². The van der Waals surface area contributed by atoms with Crippen molar-refractivity contribution in [3.8, 4) is 0 Å². The Labute approximate surface area is 123 Å². The predicted molar refractivity (Wildman–Crippen MR) is 79.7 cm³/mol. The summed E-state index contributed by atoms with van der Waals surface area (Å²) in [5, 5.41) is 6.75. The number of rotatable bonds is 3. The van der Waals surface area contributed by atoms with Crippen LogP contribution in [0.25, 0.3) is 0 Å². The van der Waals surface area contributed by atoms with Gasteiger partial charge in [-0.05, 0) is 19.1 Å². The molecule has 1 unspecified atom stereocenters. The van der Waals surface area contributed by atoms with Crippen LogP contribution in [-0.4, -0.2) is 16.0 Å². The molecule has 0 aliphatic rings. The summed E-state index contributed by atoms with van der Waals surface area (Å²) >= 11 is 0. The molecule has 3 N–H and O–H groups in total. The molecule has 1 aromatic heterocycles. The summed E-state index contributed by atoms with van der Waals surface area (Å²) < 4.78 is 5.21. The lowest BCUT2D eigenvalue weighted by molar-refractivity contribution is 0.0933. The van der Waals surface area contributed by atoms with Gasteiger partial charge in [0, 0.05) is 11.1 Å². The number of benzene rings is 1. The van der Waals surface area contributed by atoms with Crippen molar-refractivity contribution in [1.82, 2.24) is 15.5 Å². The SMILES string of the molecule is CC(NC(=O)c1ccccc1N)c1nc(C(C)(C)C)no1. The number of anilines is 1. The van der Waals surface area contributed by atoms with Crippen LogP contribution in [0.4, 0.5) is 5.69 Å². The van der Waals surface area contributed by atoms with Crippen LogP contribution in [0.2, 0.25) is 0 Å². The third kappa shape index (κ3) is 3.39. The van der Waals surface area contributed by atoms with Gasteiger partial charge in [-0.3, -0.25) is 4.79 Å². The molecule has 112 valence electrons. The number of amides is 1. The van der Waals surface area contributed by atoms with Gasteiger partial charge in [0.05, 0.1) is 5.56 Å². The number of nitrogens with one attached hydrogen (secondary N) is 1. The molecule has 21 heavy (non-hydrogen) atoms. The van der Waals surface area contributed by atoms with Crippen molar-refractivity contribution in [2.45, 2.75) is 39.2 Å². The van der Waals surface area contributed by atoms with E-state index in [9.17, 15) is 4.79 Å². The van der Waals surface area contributed by atoms with Crippen LogP contribution < -0.4 is 11.1 Å². The van der Waals surface area contributed by atoms with Crippen LogP contribution in [0, 0.1) is 0 Å². The van der Waals surface area contributed by atoms with Crippen LogP contribution in [0.1, 0.15) is 55.8 Å². The number of aromatic nitrogens is 2. The van der Waals surface area contributed by atoms with Crippen LogP contribution >= 0.6 is 0 Å². The zero-order valence-corrected chi connectivity index (χ0v) is 12.7. The third-order valence-corrected chi connectivity index (χ3v) is 3.04. The second-order valence-electron chi connectivity index (χ2n) is 5.99. The van der Waals surface area contributed by atoms with E-state index in [1.807, 2.05) is 20.8 Å². The molecular formula is C15H20N4O2. The Morgan fingerprint density at radius 2 is 2.00 bits per heavy atom. The summed E-state index contributed by atoms with van der Waals surface area (Å²) in [4.78, 5) is 16.5. The standard InChI is InChI=1S/C15H20N4O2/c1-9(13-18-14(19-21-13)15(2,3)4)17-12(20)10-7-5-6-8-11(10)16/h5-9H,16H2,1-4H3,(H,17,20). The number of hydrogen-bond acceptors (Lipinski definition) is 5. The average molecular weight is 288 g/mol. The second kappa shape index (κ2) is 5.55. The highest BCUT2D eigenvalue weighted by Crippen LogP contribution is 2.21. The van der Waals surface area contributed by atoms with Crippen molar-refractivity contribution in [1.29, 1.82) is 0 Å². The molecule has 0 saturated carbocycles. The first-order chi connectivity index (χ1) is 9.79. The normalized spacial score (nSPS) is 13.0.